The third-order valence-corrected chi connectivity index (χ3v) is 6.45. The van der Waals surface area contributed by atoms with Crippen LogP contribution in [-0.4, -0.2) is 55.9 Å². The van der Waals surface area contributed by atoms with Crippen molar-refractivity contribution in [1.29, 1.82) is 0 Å². The van der Waals surface area contributed by atoms with E-state index in [1.54, 1.807) is 20.8 Å². The molecule has 0 aromatic heterocycles. The number of esters is 1. The van der Waals surface area contributed by atoms with Gasteiger partial charge in [-0.05, 0) is 57.2 Å². The van der Waals surface area contributed by atoms with E-state index in [1.165, 1.54) is 28.6 Å². The number of hydrogen-bond donors (Lipinski definition) is 2. The number of rotatable bonds is 5. The summed E-state index contributed by atoms with van der Waals surface area (Å²) in [4.78, 5) is 35.8. The number of amides is 3. The van der Waals surface area contributed by atoms with Crippen LogP contribution < -0.4 is 10.6 Å². The number of nitrogens with zero attached hydrogens (tertiary/aromatic N) is 1. The van der Waals surface area contributed by atoms with Gasteiger partial charge in [0, 0.05) is 18.6 Å². The number of nitrogens with one attached hydrogen (secondary N) is 2. The molecular formula is C21H31N3O6S. The molecule has 3 amide bonds. The predicted octanol–water partition coefficient (Wildman–Crippen LogP) is 2.13. The third kappa shape index (κ3) is 7.32. The highest BCUT2D eigenvalue weighted by Gasteiger charge is 2.32. The van der Waals surface area contributed by atoms with Crippen molar-refractivity contribution in [1.82, 2.24) is 14.9 Å². The van der Waals surface area contributed by atoms with E-state index in [2.05, 4.69) is 10.6 Å². The van der Waals surface area contributed by atoms with E-state index in [9.17, 15) is 22.8 Å². The van der Waals surface area contributed by atoms with Gasteiger partial charge in [-0.25, -0.2) is 18.0 Å². The predicted molar refractivity (Wildman–Crippen MR) is 115 cm³/mol. The summed E-state index contributed by atoms with van der Waals surface area (Å²) < 4.78 is 32.4. The van der Waals surface area contributed by atoms with Crippen LogP contribution in [0.15, 0.2) is 29.2 Å². The summed E-state index contributed by atoms with van der Waals surface area (Å²) in [6.07, 6.45) is 0.966. The Labute approximate surface area is 183 Å². The molecule has 9 nitrogen and oxygen atoms in total. The number of carbonyl (C=O) groups is 3. The van der Waals surface area contributed by atoms with Gasteiger partial charge >= 0.3 is 12.0 Å². The zero-order valence-corrected chi connectivity index (χ0v) is 19.4. The number of hydrogen-bond acceptors (Lipinski definition) is 6. The Morgan fingerprint density at radius 3 is 2.32 bits per heavy atom. The Morgan fingerprint density at radius 1 is 1.13 bits per heavy atom. The fourth-order valence-electron chi connectivity index (χ4n) is 3.48. The second-order valence-electron chi connectivity index (χ2n) is 9.12. The maximum Gasteiger partial charge on any atom is 0.338 e. The van der Waals surface area contributed by atoms with Crippen LogP contribution in [0.3, 0.4) is 0 Å². The van der Waals surface area contributed by atoms with E-state index in [4.69, 9.17) is 4.74 Å². The number of piperidine rings is 1. The van der Waals surface area contributed by atoms with Gasteiger partial charge in [-0.15, -0.1) is 0 Å². The first-order chi connectivity index (χ1) is 14.3. The summed E-state index contributed by atoms with van der Waals surface area (Å²) in [7, 11) is -3.76. The van der Waals surface area contributed by atoms with Gasteiger partial charge in [0.15, 0.2) is 6.61 Å². The summed E-state index contributed by atoms with van der Waals surface area (Å²) >= 11 is 0. The molecule has 1 aromatic rings. The fourth-order valence-corrected chi connectivity index (χ4v) is 5.21. The molecule has 1 aliphatic heterocycles. The highest BCUT2D eigenvalue weighted by molar-refractivity contribution is 7.89. The molecule has 2 atom stereocenters. The Hall–Kier alpha value is -2.46. The molecule has 0 radical (unpaired) electrons. The standard InChI is InChI=1S/C21H31N3O6S/c1-14-9-15(2)12-24(11-14)31(28,29)17-8-6-7-16(10-17)19(26)30-13-18(25)22-20(27)23-21(3,4)5/h6-8,10,14-15H,9,11-13H2,1-5H3,(H2,22,23,25,27). The first-order valence-corrected chi connectivity index (χ1v) is 11.6. The van der Waals surface area contributed by atoms with E-state index >= 15 is 0 Å². The van der Waals surface area contributed by atoms with Crippen molar-refractivity contribution in [3.05, 3.63) is 29.8 Å². The van der Waals surface area contributed by atoms with Gasteiger partial charge in [0.05, 0.1) is 10.5 Å². The molecule has 31 heavy (non-hydrogen) atoms. The molecule has 2 N–H and O–H groups in total. The van der Waals surface area contributed by atoms with Gasteiger partial charge in [0.2, 0.25) is 10.0 Å². The zero-order valence-electron chi connectivity index (χ0n) is 18.6. The number of urea groups is 1. The number of carbonyl (C=O) groups excluding carboxylic acids is 3. The molecular weight excluding hydrogens is 422 g/mol. The van der Waals surface area contributed by atoms with Crippen molar-refractivity contribution in [2.24, 2.45) is 11.8 Å². The van der Waals surface area contributed by atoms with Crippen molar-refractivity contribution < 1.29 is 27.5 Å². The van der Waals surface area contributed by atoms with Crippen molar-refractivity contribution in [3.63, 3.8) is 0 Å². The average molecular weight is 454 g/mol. The van der Waals surface area contributed by atoms with Crippen LogP contribution in [0.1, 0.15) is 51.4 Å². The molecule has 0 spiro atoms. The minimum absolute atomic E-state index is 0.00254. The summed E-state index contributed by atoms with van der Waals surface area (Å²) in [5.74, 6) is -1.15. The van der Waals surface area contributed by atoms with Gasteiger partial charge in [-0.1, -0.05) is 19.9 Å². The van der Waals surface area contributed by atoms with E-state index in [1.807, 2.05) is 13.8 Å². The van der Waals surface area contributed by atoms with Crippen LogP contribution in [0.5, 0.6) is 0 Å². The SMILES string of the molecule is CC1CC(C)CN(S(=O)(=O)c2cccc(C(=O)OCC(=O)NC(=O)NC(C)(C)C)c2)C1. The first kappa shape index (κ1) is 24.8. The van der Waals surface area contributed by atoms with Crippen molar-refractivity contribution in [2.75, 3.05) is 19.7 Å². The largest absolute Gasteiger partial charge is 0.452 e. The molecule has 172 valence electrons. The van der Waals surface area contributed by atoms with E-state index < -0.39 is 40.1 Å². The maximum atomic E-state index is 13.0. The lowest BCUT2D eigenvalue weighted by Crippen LogP contribution is -2.49. The lowest BCUT2D eigenvalue weighted by Gasteiger charge is -2.34. The van der Waals surface area contributed by atoms with E-state index in [0.29, 0.717) is 13.1 Å². The smallest absolute Gasteiger partial charge is 0.338 e. The average Bonchev–Trinajstić information content (AvgIpc) is 2.63. The normalized spacial score (nSPS) is 20.0. The maximum absolute atomic E-state index is 13.0. The Morgan fingerprint density at radius 2 is 1.74 bits per heavy atom. The summed E-state index contributed by atoms with van der Waals surface area (Å²) in [5, 5.41) is 4.61. The number of sulfonamides is 1. The molecule has 0 bridgehead atoms. The third-order valence-electron chi connectivity index (χ3n) is 4.62. The van der Waals surface area contributed by atoms with E-state index in [0.717, 1.165) is 6.42 Å². The molecule has 1 heterocycles. The molecule has 1 saturated heterocycles. The molecule has 1 aliphatic rings. The monoisotopic (exact) mass is 453 g/mol. The Balaban J connectivity index is 2.02. The second kappa shape index (κ2) is 9.78. The van der Waals surface area contributed by atoms with Gasteiger partial charge in [0.25, 0.3) is 5.91 Å². The Bertz CT molecular complexity index is 929. The molecule has 2 rings (SSSR count). The second-order valence-corrected chi connectivity index (χ2v) is 11.1. The van der Waals surface area contributed by atoms with E-state index in [-0.39, 0.29) is 22.3 Å². The lowest BCUT2D eigenvalue weighted by atomic mass is 9.94. The van der Waals surface area contributed by atoms with Crippen LogP contribution >= 0.6 is 0 Å². The topological polar surface area (TPSA) is 122 Å². The summed E-state index contributed by atoms with van der Waals surface area (Å²) in [6.45, 7) is 9.47. The van der Waals surface area contributed by atoms with Crippen molar-refractivity contribution in [3.8, 4) is 0 Å². The molecule has 2 unspecified atom stereocenters. The number of benzene rings is 1. The minimum atomic E-state index is -3.76. The van der Waals surface area contributed by atoms with Crippen molar-refractivity contribution >= 4 is 27.9 Å². The van der Waals surface area contributed by atoms with Gasteiger partial charge in [-0.3, -0.25) is 10.1 Å². The highest BCUT2D eigenvalue weighted by Crippen LogP contribution is 2.27. The number of imide groups is 1. The van der Waals surface area contributed by atoms with Crippen LogP contribution in [0.2, 0.25) is 0 Å². The quantitative estimate of drug-likeness (QED) is 0.659. The van der Waals surface area contributed by atoms with Crippen LogP contribution in [0, 0.1) is 11.8 Å². The Kier molecular flexibility index (Phi) is 7.82. The van der Waals surface area contributed by atoms with Crippen molar-refractivity contribution in [2.45, 2.75) is 51.5 Å². The van der Waals surface area contributed by atoms with Gasteiger partial charge in [0.1, 0.15) is 0 Å². The highest BCUT2D eigenvalue weighted by atomic mass is 32.2. The fraction of sp³-hybridized carbons (Fsp3) is 0.571. The molecule has 1 aromatic carbocycles. The zero-order chi connectivity index (χ0) is 23.4. The molecule has 0 aliphatic carbocycles. The minimum Gasteiger partial charge on any atom is -0.452 e. The molecule has 1 fully saturated rings. The lowest BCUT2D eigenvalue weighted by molar-refractivity contribution is -0.123. The van der Waals surface area contributed by atoms with Gasteiger partial charge < -0.3 is 10.1 Å². The number of ether oxygens (including phenoxy) is 1. The van der Waals surface area contributed by atoms with Crippen LogP contribution in [0.25, 0.3) is 0 Å². The van der Waals surface area contributed by atoms with Crippen LogP contribution in [0.4, 0.5) is 4.79 Å². The molecule has 0 saturated carbocycles. The van der Waals surface area contributed by atoms with Gasteiger partial charge in [-0.2, -0.15) is 4.31 Å². The summed E-state index contributed by atoms with van der Waals surface area (Å²) in [5.41, 5.74) is -0.525. The summed E-state index contributed by atoms with van der Waals surface area (Å²) in [6, 6.07) is 4.84. The van der Waals surface area contributed by atoms with Crippen LogP contribution in [-0.2, 0) is 19.6 Å². The molecule has 10 heteroatoms. The first-order valence-electron chi connectivity index (χ1n) is 10.2.